The van der Waals surface area contributed by atoms with Gasteiger partial charge in [0.1, 0.15) is 0 Å². The van der Waals surface area contributed by atoms with Crippen LogP contribution in [0.5, 0.6) is 0 Å². The van der Waals surface area contributed by atoms with Crippen LogP contribution in [0.1, 0.15) is 5.56 Å². The maximum Gasteiger partial charge on any atom is 0.328 e. The van der Waals surface area contributed by atoms with Crippen molar-refractivity contribution in [2.45, 2.75) is 18.6 Å². The van der Waals surface area contributed by atoms with E-state index in [2.05, 4.69) is 20.9 Å². The van der Waals surface area contributed by atoms with Crippen LogP contribution in [0, 0.1) is 0 Å². The lowest BCUT2D eigenvalue weighted by Crippen LogP contribution is -2.63. The van der Waals surface area contributed by atoms with Crippen molar-refractivity contribution in [2.75, 3.05) is 20.6 Å². The molecule has 0 aliphatic carbocycles. The highest BCUT2D eigenvalue weighted by atomic mass is 79.9. The van der Waals surface area contributed by atoms with E-state index in [0.29, 0.717) is 16.3 Å². The number of benzene rings is 1. The molecule has 1 fully saturated rings. The topological polar surface area (TPSA) is 56.2 Å². The molecule has 3 rings (SSSR count). The molecule has 2 unspecified atom stereocenters. The van der Waals surface area contributed by atoms with Gasteiger partial charge in [0.25, 0.3) is 5.91 Å². The minimum atomic E-state index is -0.482. The van der Waals surface area contributed by atoms with Gasteiger partial charge in [0.15, 0.2) is 17.0 Å². The van der Waals surface area contributed by atoms with Crippen molar-refractivity contribution in [2.24, 2.45) is 4.99 Å². The molecule has 0 N–H and O–H groups in total. The van der Waals surface area contributed by atoms with Crippen molar-refractivity contribution in [3.05, 3.63) is 34.9 Å². The molecular weight excluding hydrogens is 384 g/mol. The Balaban J connectivity index is 1.77. The number of likely N-dealkylation sites (N-methyl/N-ethyl adjacent to an activating group) is 2. The SMILES string of the molecule is CN1C(=O)C2C(N=C(Br)N2CCc2ccc(Cl)cc2)N(C)C1=O. The normalized spacial score (nSPS) is 24.2. The first-order valence-electron chi connectivity index (χ1n) is 7.19. The van der Waals surface area contributed by atoms with Crippen LogP contribution in [-0.2, 0) is 11.2 Å². The van der Waals surface area contributed by atoms with Crippen molar-refractivity contribution in [1.29, 1.82) is 0 Å². The molecule has 2 heterocycles. The zero-order chi connectivity index (χ0) is 16.7. The van der Waals surface area contributed by atoms with E-state index >= 15 is 0 Å². The highest BCUT2D eigenvalue weighted by Gasteiger charge is 2.50. The summed E-state index contributed by atoms with van der Waals surface area (Å²) in [7, 11) is 3.16. The van der Waals surface area contributed by atoms with E-state index in [0.717, 1.165) is 16.9 Å². The molecule has 8 heteroatoms. The molecule has 23 heavy (non-hydrogen) atoms. The number of hydrogen-bond donors (Lipinski definition) is 0. The Bertz CT molecular complexity index is 679. The van der Waals surface area contributed by atoms with Crippen molar-refractivity contribution in [3.8, 4) is 0 Å². The van der Waals surface area contributed by atoms with Gasteiger partial charge in [-0.15, -0.1) is 0 Å². The van der Waals surface area contributed by atoms with Crippen LogP contribution in [-0.4, -0.2) is 64.2 Å². The number of carbonyl (C=O) groups is 2. The summed E-state index contributed by atoms with van der Waals surface area (Å²) in [4.78, 5) is 33.5. The Morgan fingerprint density at radius 2 is 1.87 bits per heavy atom. The molecule has 0 radical (unpaired) electrons. The van der Waals surface area contributed by atoms with E-state index in [1.165, 1.54) is 11.9 Å². The second-order valence-electron chi connectivity index (χ2n) is 5.62. The van der Waals surface area contributed by atoms with Gasteiger partial charge in [-0.3, -0.25) is 9.69 Å². The predicted octanol–water partition coefficient (Wildman–Crippen LogP) is 2.17. The first-order valence-corrected chi connectivity index (χ1v) is 8.36. The predicted molar refractivity (Wildman–Crippen MR) is 91.7 cm³/mol. The third kappa shape index (κ3) is 2.83. The van der Waals surface area contributed by atoms with Crippen LogP contribution in [0.3, 0.4) is 0 Å². The molecule has 0 aromatic heterocycles. The van der Waals surface area contributed by atoms with Gasteiger partial charge < -0.3 is 9.80 Å². The Hall–Kier alpha value is -1.60. The van der Waals surface area contributed by atoms with Crippen LogP contribution in [0.25, 0.3) is 0 Å². The average molecular weight is 400 g/mol. The molecule has 2 aliphatic heterocycles. The number of fused-ring (bicyclic) bond motifs is 1. The lowest BCUT2D eigenvalue weighted by molar-refractivity contribution is -0.136. The Morgan fingerprint density at radius 1 is 1.22 bits per heavy atom. The maximum atomic E-state index is 12.5. The summed E-state index contributed by atoms with van der Waals surface area (Å²) in [6.07, 6.45) is 0.269. The number of amides is 3. The molecule has 0 saturated carbocycles. The van der Waals surface area contributed by atoms with E-state index in [1.54, 1.807) is 7.05 Å². The molecule has 1 saturated heterocycles. The number of rotatable bonds is 3. The largest absolute Gasteiger partial charge is 0.335 e. The molecule has 1 aromatic rings. The van der Waals surface area contributed by atoms with Gasteiger partial charge in [0, 0.05) is 25.7 Å². The van der Waals surface area contributed by atoms with Crippen LogP contribution in [0.2, 0.25) is 5.02 Å². The van der Waals surface area contributed by atoms with Gasteiger partial charge in [-0.25, -0.2) is 9.79 Å². The fraction of sp³-hybridized carbons (Fsp3) is 0.400. The molecular formula is C15H16BrClN4O2. The third-order valence-corrected chi connectivity index (χ3v) is 5.13. The van der Waals surface area contributed by atoms with Crippen molar-refractivity contribution < 1.29 is 9.59 Å². The summed E-state index contributed by atoms with van der Waals surface area (Å²) in [5.74, 6) is -0.229. The number of halogens is 2. The summed E-state index contributed by atoms with van der Waals surface area (Å²) in [5.41, 5.74) is 1.12. The highest BCUT2D eigenvalue weighted by Crippen LogP contribution is 2.29. The maximum absolute atomic E-state index is 12.5. The minimum absolute atomic E-state index is 0.229. The van der Waals surface area contributed by atoms with Crippen LogP contribution >= 0.6 is 27.5 Å². The molecule has 1 aromatic carbocycles. The molecule has 0 spiro atoms. The van der Waals surface area contributed by atoms with Crippen molar-refractivity contribution in [1.82, 2.24) is 14.7 Å². The van der Waals surface area contributed by atoms with Crippen molar-refractivity contribution in [3.63, 3.8) is 0 Å². The molecule has 3 amide bonds. The smallest absolute Gasteiger partial charge is 0.328 e. The molecule has 2 aliphatic rings. The third-order valence-electron chi connectivity index (χ3n) is 4.22. The Labute approximate surface area is 147 Å². The fourth-order valence-corrected chi connectivity index (χ4v) is 3.60. The fourth-order valence-electron chi connectivity index (χ4n) is 2.86. The van der Waals surface area contributed by atoms with Gasteiger partial charge in [-0.2, -0.15) is 0 Å². The summed E-state index contributed by atoms with van der Waals surface area (Å²) in [6, 6.07) is 6.80. The highest BCUT2D eigenvalue weighted by molar-refractivity contribution is 9.18. The zero-order valence-electron chi connectivity index (χ0n) is 12.7. The number of urea groups is 1. The van der Waals surface area contributed by atoms with Crippen LogP contribution in [0.15, 0.2) is 29.3 Å². The first-order chi connectivity index (χ1) is 10.9. The lowest BCUT2D eigenvalue weighted by Gasteiger charge is -2.39. The van der Waals surface area contributed by atoms with E-state index < -0.39 is 12.2 Å². The standard InChI is InChI=1S/C15H16BrClN4O2/c1-19-12-11(13(22)20(2)15(19)23)21(14(16)18-12)8-7-9-3-5-10(17)6-4-9/h3-6,11-12H,7-8H2,1-2H3. The lowest BCUT2D eigenvalue weighted by atomic mass is 10.1. The summed E-state index contributed by atoms with van der Waals surface area (Å²) >= 11 is 9.31. The molecule has 0 bridgehead atoms. The molecule has 6 nitrogen and oxygen atoms in total. The molecule has 2 atom stereocenters. The zero-order valence-corrected chi connectivity index (χ0v) is 15.1. The van der Waals surface area contributed by atoms with Gasteiger partial charge in [0.05, 0.1) is 0 Å². The van der Waals surface area contributed by atoms with Crippen molar-refractivity contribution >= 4 is 44.2 Å². The Morgan fingerprint density at radius 3 is 2.52 bits per heavy atom. The summed E-state index contributed by atoms with van der Waals surface area (Å²) in [6.45, 7) is 0.620. The first kappa shape index (κ1) is 16.3. The second kappa shape index (κ2) is 6.13. The number of aliphatic imine (C=N–C) groups is 1. The number of hydrogen-bond acceptors (Lipinski definition) is 4. The second-order valence-corrected chi connectivity index (χ2v) is 6.76. The average Bonchev–Trinajstić information content (AvgIpc) is 2.87. The van der Waals surface area contributed by atoms with E-state index in [1.807, 2.05) is 29.2 Å². The minimum Gasteiger partial charge on any atom is -0.335 e. The quantitative estimate of drug-likeness (QED) is 0.732. The van der Waals surface area contributed by atoms with Crippen LogP contribution in [0.4, 0.5) is 4.79 Å². The summed E-state index contributed by atoms with van der Waals surface area (Å²) < 4.78 is 0.602. The molecule has 122 valence electrons. The van der Waals surface area contributed by atoms with Crippen LogP contribution < -0.4 is 0 Å². The number of amidine groups is 1. The summed E-state index contributed by atoms with van der Waals surface area (Å²) in [5, 5.41) is 0.696. The van der Waals surface area contributed by atoms with Gasteiger partial charge in [-0.05, 0) is 40.0 Å². The van der Waals surface area contributed by atoms with E-state index in [-0.39, 0.29) is 11.9 Å². The van der Waals surface area contributed by atoms with Gasteiger partial charge in [-0.1, -0.05) is 23.7 Å². The Kier molecular flexibility index (Phi) is 4.33. The van der Waals surface area contributed by atoms with Gasteiger partial charge >= 0.3 is 6.03 Å². The number of imide groups is 1. The van der Waals surface area contributed by atoms with E-state index in [4.69, 9.17) is 11.6 Å². The van der Waals surface area contributed by atoms with Gasteiger partial charge in [0.2, 0.25) is 0 Å². The van der Waals surface area contributed by atoms with E-state index in [9.17, 15) is 9.59 Å². The monoisotopic (exact) mass is 398 g/mol. The number of carbonyl (C=O) groups excluding carboxylic acids is 2. The number of nitrogens with zero attached hydrogens (tertiary/aromatic N) is 4.